The molecule has 0 spiro atoms. The lowest BCUT2D eigenvalue weighted by Crippen LogP contribution is -2.36. The van der Waals surface area contributed by atoms with Crippen LogP contribution < -0.4 is 5.32 Å². The van der Waals surface area contributed by atoms with E-state index in [1.54, 1.807) is 11.0 Å². The highest BCUT2D eigenvalue weighted by molar-refractivity contribution is 5.95. The lowest BCUT2D eigenvalue weighted by atomic mass is 9.88. The van der Waals surface area contributed by atoms with Crippen LogP contribution in [0.4, 0.5) is 4.39 Å². The van der Waals surface area contributed by atoms with Gasteiger partial charge in [-0.05, 0) is 49.1 Å². The van der Waals surface area contributed by atoms with Gasteiger partial charge in [-0.2, -0.15) is 0 Å². The van der Waals surface area contributed by atoms with E-state index in [0.29, 0.717) is 31.1 Å². The lowest BCUT2D eigenvalue weighted by molar-refractivity contribution is -0.124. The molecule has 0 saturated carbocycles. The Morgan fingerprint density at radius 2 is 1.86 bits per heavy atom. The molecule has 4 nitrogen and oxygen atoms in total. The van der Waals surface area contributed by atoms with Crippen molar-refractivity contribution in [2.24, 2.45) is 11.8 Å². The van der Waals surface area contributed by atoms with E-state index in [0.717, 1.165) is 17.5 Å². The summed E-state index contributed by atoms with van der Waals surface area (Å²) in [5.41, 5.74) is 2.45. The normalized spacial score (nSPS) is 18.9. The third kappa shape index (κ3) is 5.22. The molecule has 29 heavy (non-hydrogen) atoms. The number of carbonyl (C=O) groups is 2. The molecule has 1 saturated heterocycles. The molecule has 0 aromatic heterocycles. The number of likely N-dealkylation sites (tertiary alicyclic amines) is 1. The number of benzene rings is 2. The topological polar surface area (TPSA) is 49.4 Å². The minimum absolute atomic E-state index is 0.0703. The maximum absolute atomic E-state index is 13.8. The summed E-state index contributed by atoms with van der Waals surface area (Å²) in [6.45, 7) is 7.54. The molecule has 0 unspecified atom stereocenters. The van der Waals surface area contributed by atoms with Crippen LogP contribution in [0.25, 0.3) is 0 Å². The van der Waals surface area contributed by atoms with E-state index in [4.69, 9.17) is 0 Å². The average molecular weight is 397 g/mol. The number of aryl methyl sites for hydroxylation is 1. The van der Waals surface area contributed by atoms with Crippen LogP contribution in [-0.4, -0.2) is 36.3 Å². The summed E-state index contributed by atoms with van der Waals surface area (Å²) in [5.74, 6) is -0.609. The Kier molecular flexibility index (Phi) is 6.68. The largest absolute Gasteiger partial charge is 0.356 e. The van der Waals surface area contributed by atoms with E-state index in [-0.39, 0.29) is 23.5 Å². The van der Waals surface area contributed by atoms with Gasteiger partial charge in [-0.1, -0.05) is 43.7 Å². The fourth-order valence-corrected chi connectivity index (χ4v) is 3.80. The Hall–Kier alpha value is -2.69. The van der Waals surface area contributed by atoms with Crippen molar-refractivity contribution in [1.29, 1.82) is 0 Å². The minimum atomic E-state index is -0.390. The van der Waals surface area contributed by atoms with Crippen molar-refractivity contribution in [2.45, 2.75) is 33.1 Å². The zero-order chi connectivity index (χ0) is 21.0. The third-order valence-corrected chi connectivity index (χ3v) is 5.54. The molecule has 2 aromatic carbocycles. The van der Waals surface area contributed by atoms with Crippen LogP contribution in [0.2, 0.25) is 0 Å². The molecule has 0 aliphatic carbocycles. The molecular weight excluding hydrogens is 367 g/mol. The number of nitrogens with zero attached hydrogens (tertiary/aromatic N) is 1. The Morgan fingerprint density at radius 3 is 2.52 bits per heavy atom. The molecule has 1 aliphatic heterocycles. The first-order valence-electron chi connectivity index (χ1n) is 10.2. The highest BCUT2D eigenvalue weighted by Gasteiger charge is 2.40. The van der Waals surface area contributed by atoms with Crippen LogP contribution in [0, 0.1) is 24.6 Å². The van der Waals surface area contributed by atoms with Gasteiger partial charge in [0.25, 0.3) is 5.91 Å². The van der Waals surface area contributed by atoms with Gasteiger partial charge in [-0.3, -0.25) is 9.59 Å². The second-order valence-corrected chi connectivity index (χ2v) is 8.32. The van der Waals surface area contributed by atoms with E-state index in [9.17, 15) is 14.0 Å². The quantitative estimate of drug-likeness (QED) is 0.797. The van der Waals surface area contributed by atoms with Gasteiger partial charge < -0.3 is 10.2 Å². The molecule has 0 bridgehead atoms. The van der Waals surface area contributed by atoms with Gasteiger partial charge in [0.2, 0.25) is 5.91 Å². The van der Waals surface area contributed by atoms with Crippen molar-refractivity contribution in [3.63, 3.8) is 0 Å². The first-order chi connectivity index (χ1) is 13.8. The molecule has 3 rings (SSSR count). The highest BCUT2D eigenvalue weighted by Crippen LogP contribution is 2.34. The van der Waals surface area contributed by atoms with Crippen molar-refractivity contribution in [2.75, 3.05) is 19.6 Å². The molecule has 1 N–H and O–H groups in total. The number of amides is 2. The van der Waals surface area contributed by atoms with Crippen molar-refractivity contribution in [3.8, 4) is 0 Å². The summed E-state index contributed by atoms with van der Waals surface area (Å²) >= 11 is 0. The summed E-state index contributed by atoms with van der Waals surface area (Å²) in [4.78, 5) is 27.6. The highest BCUT2D eigenvalue weighted by atomic mass is 19.1. The van der Waals surface area contributed by atoms with E-state index >= 15 is 0 Å². The zero-order valence-corrected chi connectivity index (χ0v) is 17.3. The molecule has 2 aromatic rings. The molecule has 1 heterocycles. The molecule has 1 aliphatic rings. The van der Waals surface area contributed by atoms with E-state index < -0.39 is 5.92 Å². The van der Waals surface area contributed by atoms with Crippen LogP contribution in [-0.2, 0) is 4.79 Å². The summed E-state index contributed by atoms with van der Waals surface area (Å²) in [6, 6.07) is 13.8. The van der Waals surface area contributed by atoms with E-state index in [1.807, 2.05) is 37.3 Å². The second-order valence-electron chi connectivity index (χ2n) is 8.32. The fourth-order valence-electron chi connectivity index (χ4n) is 3.80. The van der Waals surface area contributed by atoms with Gasteiger partial charge in [0.1, 0.15) is 5.82 Å². The Bertz CT molecular complexity index is 863. The molecule has 2 atom stereocenters. The fraction of sp³-hybridized carbons (Fsp3) is 0.417. The summed E-state index contributed by atoms with van der Waals surface area (Å²) < 4.78 is 13.8. The molecule has 5 heteroatoms. The lowest BCUT2D eigenvalue weighted by Gasteiger charge is -2.18. The van der Waals surface area contributed by atoms with Gasteiger partial charge in [0, 0.05) is 31.1 Å². The van der Waals surface area contributed by atoms with Gasteiger partial charge in [-0.25, -0.2) is 4.39 Å². The summed E-state index contributed by atoms with van der Waals surface area (Å²) in [7, 11) is 0. The van der Waals surface area contributed by atoms with Crippen LogP contribution in [0.1, 0.15) is 47.7 Å². The number of halogens is 1. The number of carbonyl (C=O) groups excluding carboxylic acids is 2. The molecule has 154 valence electrons. The Balaban J connectivity index is 1.80. The maximum atomic E-state index is 13.8. The summed E-state index contributed by atoms with van der Waals surface area (Å²) in [6.07, 6.45) is 0.898. The Morgan fingerprint density at radius 1 is 1.14 bits per heavy atom. The number of rotatable bonds is 6. The minimum Gasteiger partial charge on any atom is -0.356 e. The first kappa shape index (κ1) is 21.0. The first-order valence-corrected chi connectivity index (χ1v) is 10.2. The van der Waals surface area contributed by atoms with Crippen LogP contribution >= 0.6 is 0 Å². The number of nitrogens with one attached hydrogen (secondary N) is 1. The van der Waals surface area contributed by atoms with Crippen molar-refractivity contribution in [3.05, 3.63) is 71.0 Å². The standard InChI is InChI=1S/C24H29FN2O2/c1-16(2)11-12-26-23(28)22-15-27(24(29)18-9-7-17(3)8-10-18)14-21(22)19-5-4-6-20(25)13-19/h4-10,13,16,21-22H,11-12,14-15H2,1-3H3,(H,26,28)/t21-,22+/m1/s1. The van der Waals surface area contributed by atoms with Crippen molar-refractivity contribution < 1.29 is 14.0 Å². The predicted octanol–water partition coefficient (Wildman–Crippen LogP) is 4.15. The van der Waals surface area contributed by atoms with E-state index in [2.05, 4.69) is 19.2 Å². The van der Waals surface area contributed by atoms with Crippen molar-refractivity contribution >= 4 is 11.8 Å². The maximum Gasteiger partial charge on any atom is 0.253 e. The van der Waals surface area contributed by atoms with Crippen LogP contribution in [0.3, 0.4) is 0 Å². The second kappa shape index (κ2) is 9.21. The van der Waals surface area contributed by atoms with Gasteiger partial charge in [-0.15, -0.1) is 0 Å². The third-order valence-electron chi connectivity index (χ3n) is 5.54. The Labute approximate surface area is 172 Å². The predicted molar refractivity (Wildman–Crippen MR) is 112 cm³/mol. The molecule has 0 radical (unpaired) electrons. The average Bonchev–Trinajstić information content (AvgIpc) is 3.13. The smallest absolute Gasteiger partial charge is 0.253 e. The molecule has 2 amide bonds. The van der Waals surface area contributed by atoms with Crippen LogP contribution in [0.5, 0.6) is 0 Å². The zero-order valence-electron chi connectivity index (χ0n) is 17.3. The van der Waals surface area contributed by atoms with Gasteiger partial charge in [0.15, 0.2) is 0 Å². The van der Waals surface area contributed by atoms with Crippen LogP contribution in [0.15, 0.2) is 48.5 Å². The molecular formula is C24H29FN2O2. The van der Waals surface area contributed by atoms with Crippen molar-refractivity contribution in [1.82, 2.24) is 10.2 Å². The number of hydrogen-bond donors (Lipinski definition) is 1. The number of hydrogen-bond acceptors (Lipinski definition) is 2. The molecule has 1 fully saturated rings. The SMILES string of the molecule is Cc1ccc(C(=O)N2C[C@H](C(=O)NCCC(C)C)[C@@H](c3cccc(F)c3)C2)cc1. The van der Waals surface area contributed by atoms with E-state index in [1.165, 1.54) is 12.1 Å². The summed E-state index contributed by atoms with van der Waals surface area (Å²) in [5, 5.41) is 3.01. The van der Waals surface area contributed by atoms with Gasteiger partial charge >= 0.3 is 0 Å². The van der Waals surface area contributed by atoms with Gasteiger partial charge in [0.05, 0.1) is 5.92 Å². The monoisotopic (exact) mass is 396 g/mol.